The summed E-state index contributed by atoms with van der Waals surface area (Å²) in [6.07, 6.45) is 5.29. The van der Waals surface area contributed by atoms with Crippen molar-refractivity contribution >= 4 is 5.78 Å². The average Bonchev–Trinajstić information content (AvgIpc) is 3.16. The van der Waals surface area contributed by atoms with Gasteiger partial charge < -0.3 is 23.7 Å². The Hall–Kier alpha value is -1.05. The summed E-state index contributed by atoms with van der Waals surface area (Å²) < 4.78 is 30.4. The van der Waals surface area contributed by atoms with E-state index in [-0.39, 0.29) is 17.8 Å². The van der Waals surface area contributed by atoms with Crippen molar-refractivity contribution in [1.82, 2.24) is 0 Å². The van der Waals surface area contributed by atoms with E-state index in [2.05, 4.69) is 6.58 Å². The first-order valence-corrected chi connectivity index (χ1v) is 9.35. The Bertz CT molecular complexity index is 638. The van der Waals surface area contributed by atoms with Crippen LogP contribution in [0.3, 0.4) is 0 Å². The number of hydrogen-bond acceptors (Lipinski definition) is 6. The molecule has 3 fully saturated rings. The lowest BCUT2D eigenvalue weighted by atomic mass is 9.63. The molecule has 144 valence electrons. The number of carbonyl (C=O) groups is 1. The summed E-state index contributed by atoms with van der Waals surface area (Å²) in [5.41, 5.74) is -0.727. The maximum atomic E-state index is 12.8. The van der Waals surface area contributed by atoms with Crippen LogP contribution in [0.15, 0.2) is 24.8 Å². The Morgan fingerprint density at radius 1 is 1.12 bits per heavy atom. The van der Waals surface area contributed by atoms with Gasteiger partial charge >= 0.3 is 0 Å². The molecule has 0 N–H and O–H groups in total. The molecule has 3 heterocycles. The van der Waals surface area contributed by atoms with Gasteiger partial charge in [0.1, 0.15) is 18.3 Å². The third-order valence-electron chi connectivity index (χ3n) is 5.90. The first kappa shape index (κ1) is 18.3. The van der Waals surface area contributed by atoms with Crippen LogP contribution in [0.2, 0.25) is 0 Å². The van der Waals surface area contributed by atoms with Gasteiger partial charge in [-0.2, -0.15) is 0 Å². The van der Waals surface area contributed by atoms with Crippen molar-refractivity contribution in [2.24, 2.45) is 11.3 Å². The fourth-order valence-electron chi connectivity index (χ4n) is 4.85. The quantitative estimate of drug-likeness (QED) is 0.718. The Morgan fingerprint density at radius 2 is 1.88 bits per heavy atom. The van der Waals surface area contributed by atoms with Gasteiger partial charge in [0.05, 0.1) is 12.0 Å². The van der Waals surface area contributed by atoms with Gasteiger partial charge in [0.2, 0.25) is 0 Å². The Morgan fingerprint density at radius 3 is 2.50 bits per heavy atom. The monoisotopic (exact) mass is 364 g/mol. The first-order valence-electron chi connectivity index (χ1n) is 9.35. The summed E-state index contributed by atoms with van der Waals surface area (Å²) in [5, 5.41) is 0. The van der Waals surface area contributed by atoms with Gasteiger partial charge in [-0.1, -0.05) is 12.2 Å². The molecule has 3 saturated heterocycles. The van der Waals surface area contributed by atoms with Gasteiger partial charge in [-0.3, -0.25) is 4.79 Å². The van der Waals surface area contributed by atoms with E-state index in [4.69, 9.17) is 23.7 Å². The minimum Gasteiger partial charge on any atom is -0.348 e. The molecule has 3 aliphatic heterocycles. The second kappa shape index (κ2) is 5.97. The molecule has 6 atom stereocenters. The van der Waals surface area contributed by atoms with Crippen LogP contribution in [0.5, 0.6) is 0 Å². The summed E-state index contributed by atoms with van der Waals surface area (Å²) >= 11 is 0. The Kier molecular flexibility index (Phi) is 4.21. The van der Waals surface area contributed by atoms with E-state index < -0.39 is 35.5 Å². The topological polar surface area (TPSA) is 63.2 Å². The van der Waals surface area contributed by atoms with Crippen molar-refractivity contribution in [2.75, 3.05) is 6.61 Å². The van der Waals surface area contributed by atoms with Gasteiger partial charge in [0.15, 0.2) is 23.6 Å². The Labute approximate surface area is 154 Å². The molecule has 26 heavy (non-hydrogen) atoms. The molecule has 0 amide bonds. The van der Waals surface area contributed by atoms with Crippen LogP contribution in [-0.4, -0.2) is 48.6 Å². The van der Waals surface area contributed by atoms with Crippen molar-refractivity contribution in [3.05, 3.63) is 24.8 Å². The second-order valence-corrected chi connectivity index (χ2v) is 8.49. The molecule has 0 saturated carbocycles. The maximum absolute atomic E-state index is 12.8. The van der Waals surface area contributed by atoms with Crippen LogP contribution in [0.25, 0.3) is 0 Å². The lowest BCUT2D eigenvalue weighted by Crippen LogP contribution is -2.53. The summed E-state index contributed by atoms with van der Waals surface area (Å²) in [4.78, 5) is 12.8. The minimum absolute atomic E-state index is 0.0804. The fraction of sp³-hybridized carbons (Fsp3) is 0.750. The standard InChI is InChI=1S/C20H28O6/c1-6-20(12-9-7-8-10-13(12)21)15(14-11-22-18(2,3)24-14)23-17-16(20)25-19(4,5)26-17/h6,8,10,12,14-17H,1,7,9,11H2,2-5H3/t12-,14?,15-,16+,17-,20+/m1/s1. The highest BCUT2D eigenvalue weighted by molar-refractivity contribution is 5.93. The van der Waals surface area contributed by atoms with E-state index in [0.717, 1.165) is 12.8 Å². The summed E-state index contributed by atoms with van der Waals surface area (Å²) in [6, 6.07) is 0. The third-order valence-corrected chi connectivity index (χ3v) is 5.90. The molecule has 6 heteroatoms. The van der Waals surface area contributed by atoms with Gasteiger partial charge in [-0.25, -0.2) is 0 Å². The summed E-state index contributed by atoms with van der Waals surface area (Å²) in [7, 11) is 0. The molecule has 1 unspecified atom stereocenters. The van der Waals surface area contributed by atoms with E-state index in [0.29, 0.717) is 6.61 Å². The maximum Gasteiger partial charge on any atom is 0.188 e. The lowest BCUT2D eigenvalue weighted by molar-refractivity contribution is -0.237. The van der Waals surface area contributed by atoms with E-state index in [1.54, 1.807) is 6.08 Å². The molecule has 4 aliphatic rings. The van der Waals surface area contributed by atoms with Gasteiger partial charge in [0, 0.05) is 5.92 Å². The van der Waals surface area contributed by atoms with Crippen LogP contribution < -0.4 is 0 Å². The molecule has 0 aromatic heterocycles. The van der Waals surface area contributed by atoms with Crippen molar-refractivity contribution in [3.63, 3.8) is 0 Å². The minimum atomic E-state index is -0.769. The predicted octanol–water partition coefficient (Wildman–Crippen LogP) is 2.72. The van der Waals surface area contributed by atoms with E-state index in [1.165, 1.54) is 0 Å². The highest BCUT2D eigenvalue weighted by Gasteiger charge is 2.68. The second-order valence-electron chi connectivity index (χ2n) is 8.49. The third kappa shape index (κ3) is 2.70. The summed E-state index contributed by atoms with van der Waals surface area (Å²) in [6.45, 7) is 12.0. The van der Waals surface area contributed by atoms with Gasteiger partial charge in [-0.15, -0.1) is 6.58 Å². The van der Waals surface area contributed by atoms with Crippen molar-refractivity contribution in [2.45, 2.75) is 76.7 Å². The normalized spacial score (nSPS) is 46.5. The molecule has 0 bridgehead atoms. The lowest BCUT2D eigenvalue weighted by Gasteiger charge is -2.43. The molecule has 1 aliphatic carbocycles. The van der Waals surface area contributed by atoms with Gasteiger partial charge in [0.25, 0.3) is 0 Å². The van der Waals surface area contributed by atoms with Crippen LogP contribution in [0, 0.1) is 11.3 Å². The number of allylic oxidation sites excluding steroid dienone is 2. The highest BCUT2D eigenvalue weighted by Crippen LogP contribution is 2.56. The highest BCUT2D eigenvalue weighted by atomic mass is 16.8. The number of ketones is 1. The number of fused-ring (bicyclic) bond motifs is 1. The zero-order chi connectivity index (χ0) is 18.7. The number of rotatable bonds is 3. The first-order chi connectivity index (χ1) is 12.2. The number of carbonyl (C=O) groups excluding carboxylic acids is 1. The van der Waals surface area contributed by atoms with E-state index in [1.807, 2.05) is 39.8 Å². The predicted molar refractivity (Wildman–Crippen MR) is 93.1 cm³/mol. The smallest absolute Gasteiger partial charge is 0.188 e. The Balaban J connectivity index is 1.75. The fourth-order valence-corrected chi connectivity index (χ4v) is 4.85. The number of ether oxygens (including phenoxy) is 5. The molecule has 0 spiro atoms. The van der Waals surface area contributed by atoms with Crippen molar-refractivity contribution in [3.8, 4) is 0 Å². The van der Waals surface area contributed by atoms with Crippen LogP contribution in [-0.2, 0) is 28.5 Å². The zero-order valence-corrected chi connectivity index (χ0v) is 15.9. The van der Waals surface area contributed by atoms with Gasteiger partial charge in [-0.05, 0) is 46.6 Å². The summed E-state index contributed by atoms with van der Waals surface area (Å²) in [5.74, 6) is -1.66. The average molecular weight is 364 g/mol. The van der Waals surface area contributed by atoms with Crippen LogP contribution in [0.4, 0.5) is 0 Å². The zero-order valence-electron chi connectivity index (χ0n) is 15.9. The van der Waals surface area contributed by atoms with Crippen molar-refractivity contribution in [1.29, 1.82) is 0 Å². The van der Waals surface area contributed by atoms with Crippen molar-refractivity contribution < 1.29 is 28.5 Å². The van der Waals surface area contributed by atoms with E-state index >= 15 is 0 Å². The molecule has 0 aromatic carbocycles. The molecule has 0 aromatic rings. The van der Waals surface area contributed by atoms with E-state index in [9.17, 15) is 4.79 Å². The SMILES string of the molecule is C=C[C@]1([C@@H]2CCC=CC2=O)[C@@H](C2COC(C)(C)O2)O[C@@H]2OC(C)(C)O[C@@H]21. The molecular weight excluding hydrogens is 336 g/mol. The molecule has 4 rings (SSSR count). The number of hydrogen-bond donors (Lipinski definition) is 0. The largest absolute Gasteiger partial charge is 0.348 e. The van der Waals surface area contributed by atoms with Crippen LogP contribution >= 0.6 is 0 Å². The molecular formula is C20H28O6. The van der Waals surface area contributed by atoms with Crippen LogP contribution in [0.1, 0.15) is 40.5 Å². The molecule has 0 radical (unpaired) electrons. The molecule has 6 nitrogen and oxygen atoms in total.